The predicted octanol–water partition coefficient (Wildman–Crippen LogP) is 2.88. The number of thioether (sulfide) groups is 1. The molecule has 15 heavy (non-hydrogen) atoms. The van der Waals surface area contributed by atoms with Crippen LogP contribution in [0.5, 0.6) is 0 Å². The molecule has 0 spiro atoms. The van der Waals surface area contributed by atoms with Gasteiger partial charge in [0.15, 0.2) is 0 Å². The van der Waals surface area contributed by atoms with Crippen LogP contribution in [-0.2, 0) is 4.79 Å². The van der Waals surface area contributed by atoms with Crippen molar-refractivity contribution in [2.45, 2.75) is 11.8 Å². The summed E-state index contributed by atoms with van der Waals surface area (Å²) in [5.41, 5.74) is 3.09. The zero-order chi connectivity index (χ0) is 11.1. The van der Waals surface area contributed by atoms with Crippen molar-refractivity contribution in [3.63, 3.8) is 0 Å². The number of aliphatic carboxylic acids is 1. The van der Waals surface area contributed by atoms with Gasteiger partial charge in [0.05, 0.1) is 5.55 Å². The third-order valence-corrected chi connectivity index (χ3v) is 2.35. The van der Waals surface area contributed by atoms with Gasteiger partial charge in [-0.2, -0.15) is 0 Å². The summed E-state index contributed by atoms with van der Waals surface area (Å²) in [6, 6.07) is 8.27. The predicted molar refractivity (Wildman–Crippen MR) is 63.1 cm³/mol. The summed E-state index contributed by atoms with van der Waals surface area (Å²) in [7, 11) is 0. The first-order chi connectivity index (χ1) is 7.20. The summed E-state index contributed by atoms with van der Waals surface area (Å²) in [4.78, 5) is 14.3. The highest BCUT2D eigenvalue weighted by atomic mass is 32.2. The zero-order valence-electron chi connectivity index (χ0n) is 8.25. The summed E-state index contributed by atoms with van der Waals surface area (Å²) in [5, 5.41) is 7.42. The van der Waals surface area contributed by atoms with Gasteiger partial charge < -0.3 is 5.11 Å². The van der Waals surface area contributed by atoms with Gasteiger partial charge in [0.1, 0.15) is 0 Å². The van der Waals surface area contributed by atoms with E-state index < -0.39 is 5.97 Å². The van der Waals surface area contributed by atoms with Crippen molar-refractivity contribution < 1.29 is 9.90 Å². The van der Waals surface area contributed by atoms with Gasteiger partial charge in [0.25, 0.3) is 5.97 Å². The molecule has 1 N–H and O–H groups in total. The van der Waals surface area contributed by atoms with Gasteiger partial charge in [0, 0.05) is 18.0 Å². The average Bonchev–Trinajstić information content (AvgIpc) is 2.41. The molecule has 2 rings (SSSR count). The fourth-order valence-corrected chi connectivity index (χ4v) is 1.65. The van der Waals surface area contributed by atoms with Gasteiger partial charge in [-0.15, -0.1) is 0 Å². The lowest BCUT2D eigenvalue weighted by atomic mass is 10.2. The minimum atomic E-state index is -0.833. The van der Waals surface area contributed by atoms with E-state index in [1.165, 1.54) is 10.5 Å². The number of benzene rings is 1. The molecule has 3 nitrogen and oxygen atoms in total. The third kappa shape index (κ3) is 4.46. The van der Waals surface area contributed by atoms with E-state index in [1.807, 2.05) is 30.0 Å². The van der Waals surface area contributed by atoms with E-state index in [0.29, 0.717) is 0 Å². The van der Waals surface area contributed by atoms with E-state index in [1.54, 1.807) is 11.8 Å². The van der Waals surface area contributed by atoms with Crippen molar-refractivity contribution in [1.82, 2.24) is 0 Å². The molecule has 0 unspecified atom stereocenters. The van der Waals surface area contributed by atoms with Crippen LogP contribution in [0.25, 0.3) is 6.08 Å². The highest BCUT2D eigenvalue weighted by molar-refractivity contribution is 8.12. The molecule has 0 aliphatic carbocycles. The number of aliphatic imine (C=N–C) groups is 1. The lowest BCUT2D eigenvalue weighted by Gasteiger charge is -1.97. The molecule has 0 saturated heterocycles. The van der Waals surface area contributed by atoms with Crippen LogP contribution in [0.15, 0.2) is 40.4 Å². The Morgan fingerprint density at radius 2 is 2.07 bits per heavy atom. The Morgan fingerprint density at radius 3 is 2.80 bits per heavy atom. The van der Waals surface area contributed by atoms with Gasteiger partial charge >= 0.3 is 0 Å². The number of carboxylic acid groups (broad SMARTS) is 1. The SMILES string of the molecule is C1=Cc2ccccc2SC=N1.CC(=O)O. The number of carbonyl (C=O) groups is 1. The summed E-state index contributed by atoms with van der Waals surface area (Å²) < 4.78 is 0. The number of hydrogen-bond acceptors (Lipinski definition) is 3. The molecule has 0 saturated carbocycles. The summed E-state index contributed by atoms with van der Waals surface area (Å²) in [6.07, 6.45) is 3.84. The minimum Gasteiger partial charge on any atom is -0.481 e. The van der Waals surface area contributed by atoms with Gasteiger partial charge in [0.2, 0.25) is 0 Å². The van der Waals surface area contributed by atoms with Gasteiger partial charge in [-0.25, -0.2) is 0 Å². The van der Waals surface area contributed by atoms with E-state index in [2.05, 4.69) is 17.1 Å². The largest absolute Gasteiger partial charge is 0.481 e. The van der Waals surface area contributed by atoms with Crippen LogP contribution in [0, 0.1) is 0 Å². The molecular weight excluding hydrogens is 210 g/mol. The molecule has 0 bridgehead atoms. The minimum absolute atomic E-state index is 0.833. The van der Waals surface area contributed by atoms with Gasteiger partial charge in [-0.1, -0.05) is 30.0 Å². The fourth-order valence-electron chi connectivity index (χ4n) is 0.971. The Hall–Kier alpha value is -1.55. The molecule has 1 aromatic carbocycles. The van der Waals surface area contributed by atoms with Gasteiger partial charge in [-0.05, 0) is 17.7 Å². The van der Waals surface area contributed by atoms with Crippen molar-refractivity contribution in [2.75, 3.05) is 0 Å². The Bertz CT molecular complexity index is 395. The second-order valence-electron chi connectivity index (χ2n) is 2.74. The summed E-state index contributed by atoms with van der Waals surface area (Å²) in [5.74, 6) is -0.833. The Balaban J connectivity index is 0.000000245. The van der Waals surface area contributed by atoms with Crippen molar-refractivity contribution >= 4 is 29.4 Å². The molecule has 1 aliphatic heterocycles. The third-order valence-electron chi connectivity index (χ3n) is 1.50. The lowest BCUT2D eigenvalue weighted by molar-refractivity contribution is -0.134. The van der Waals surface area contributed by atoms with Crippen LogP contribution in [0.4, 0.5) is 0 Å². The molecular formula is C11H11NO2S. The number of hydrogen-bond donors (Lipinski definition) is 1. The maximum absolute atomic E-state index is 9.00. The number of nitrogens with zero attached hydrogens (tertiary/aromatic N) is 1. The molecule has 0 aromatic heterocycles. The van der Waals surface area contributed by atoms with Crippen LogP contribution < -0.4 is 0 Å². The van der Waals surface area contributed by atoms with Crippen molar-refractivity contribution in [1.29, 1.82) is 0 Å². The maximum Gasteiger partial charge on any atom is 0.300 e. The lowest BCUT2D eigenvalue weighted by Crippen LogP contribution is -1.78. The first-order valence-electron chi connectivity index (χ1n) is 4.33. The Kier molecular flexibility index (Phi) is 4.63. The second kappa shape index (κ2) is 6.03. The standard InChI is InChI=1S/C9H7NS.C2H4O2/c1-2-4-9-8(3-1)5-6-10-7-11-9;1-2(3)4/h1-7H;1H3,(H,3,4). The molecule has 0 fully saturated rings. The first kappa shape index (κ1) is 11.5. The number of fused-ring (bicyclic) bond motifs is 1. The van der Waals surface area contributed by atoms with E-state index in [4.69, 9.17) is 9.90 Å². The number of carboxylic acids is 1. The van der Waals surface area contributed by atoms with Crippen LogP contribution >= 0.6 is 11.8 Å². The molecule has 0 radical (unpaired) electrons. The topological polar surface area (TPSA) is 49.7 Å². The molecule has 1 aliphatic rings. The molecule has 1 aromatic rings. The summed E-state index contributed by atoms with van der Waals surface area (Å²) >= 11 is 1.66. The van der Waals surface area contributed by atoms with E-state index in [-0.39, 0.29) is 0 Å². The first-order valence-corrected chi connectivity index (χ1v) is 5.21. The Labute approximate surface area is 92.5 Å². The number of rotatable bonds is 0. The maximum atomic E-state index is 9.00. The highest BCUT2D eigenvalue weighted by Crippen LogP contribution is 2.23. The van der Waals surface area contributed by atoms with Crippen molar-refractivity contribution in [2.24, 2.45) is 4.99 Å². The van der Waals surface area contributed by atoms with Crippen molar-refractivity contribution in [3.8, 4) is 0 Å². The van der Waals surface area contributed by atoms with Crippen LogP contribution in [-0.4, -0.2) is 16.6 Å². The Morgan fingerprint density at radius 1 is 1.40 bits per heavy atom. The van der Waals surface area contributed by atoms with E-state index >= 15 is 0 Å². The zero-order valence-corrected chi connectivity index (χ0v) is 9.07. The average molecular weight is 221 g/mol. The monoisotopic (exact) mass is 221 g/mol. The van der Waals surface area contributed by atoms with Crippen LogP contribution in [0.1, 0.15) is 12.5 Å². The summed E-state index contributed by atoms with van der Waals surface area (Å²) in [6.45, 7) is 1.08. The van der Waals surface area contributed by atoms with Crippen LogP contribution in [0.2, 0.25) is 0 Å². The van der Waals surface area contributed by atoms with E-state index in [0.717, 1.165) is 6.92 Å². The van der Waals surface area contributed by atoms with Crippen LogP contribution in [0.3, 0.4) is 0 Å². The fraction of sp³-hybridized carbons (Fsp3) is 0.0909. The molecule has 4 heteroatoms. The molecule has 1 heterocycles. The molecule has 0 amide bonds. The quantitative estimate of drug-likeness (QED) is 0.732. The molecule has 78 valence electrons. The highest BCUT2D eigenvalue weighted by Gasteiger charge is 1.98. The van der Waals surface area contributed by atoms with Gasteiger partial charge in [-0.3, -0.25) is 9.79 Å². The molecule has 0 atom stereocenters. The van der Waals surface area contributed by atoms with E-state index in [9.17, 15) is 0 Å². The normalized spacial score (nSPS) is 12.1. The smallest absolute Gasteiger partial charge is 0.300 e. The van der Waals surface area contributed by atoms with Crippen molar-refractivity contribution in [3.05, 3.63) is 36.0 Å². The second-order valence-corrected chi connectivity index (χ2v) is 3.63.